The molecule has 19 heavy (non-hydrogen) atoms. The van der Waals surface area contributed by atoms with Gasteiger partial charge in [-0.3, -0.25) is 9.78 Å². The van der Waals surface area contributed by atoms with Crippen LogP contribution in [0.2, 0.25) is 0 Å². The van der Waals surface area contributed by atoms with Gasteiger partial charge in [0.25, 0.3) is 0 Å². The van der Waals surface area contributed by atoms with Crippen LogP contribution in [0.4, 0.5) is 4.39 Å². The van der Waals surface area contributed by atoms with Gasteiger partial charge < -0.3 is 4.98 Å². The third-order valence-corrected chi connectivity index (χ3v) is 3.56. The van der Waals surface area contributed by atoms with E-state index in [4.69, 9.17) is 0 Å². The van der Waals surface area contributed by atoms with Crippen LogP contribution in [0.5, 0.6) is 0 Å². The molecule has 0 saturated heterocycles. The number of rotatable bonds is 2. The number of aromatic nitrogens is 2. The van der Waals surface area contributed by atoms with Crippen molar-refractivity contribution in [2.45, 2.75) is 0 Å². The standard InChI is InChI=1S/C14H8BrFN2O/c15-12-5-8(16)1-2-9(12)14(19)11-7-18-13-3-4-17-6-10(11)13/h1-7,18H. The number of halogens is 2. The summed E-state index contributed by atoms with van der Waals surface area (Å²) in [5.41, 5.74) is 1.79. The number of carbonyl (C=O) groups is 1. The van der Waals surface area contributed by atoms with Crippen LogP contribution in [-0.2, 0) is 0 Å². The fourth-order valence-electron chi connectivity index (χ4n) is 1.97. The van der Waals surface area contributed by atoms with Crippen LogP contribution < -0.4 is 0 Å². The van der Waals surface area contributed by atoms with Gasteiger partial charge in [0.1, 0.15) is 5.82 Å². The highest BCUT2D eigenvalue weighted by atomic mass is 79.9. The van der Waals surface area contributed by atoms with Crippen LogP contribution in [0.3, 0.4) is 0 Å². The lowest BCUT2D eigenvalue weighted by atomic mass is 10.0. The highest BCUT2D eigenvalue weighted by Crippen LogP contribution is 2.25. The number of aromatic amines is 1. The Hall–Kier alpha value is -2.01. The summed E-state index contributed by atoms with van der Waals surface area (Å²) in [6.45, 7) is 0. The Kier molecular flexibility index (Phi) is 2.91. The molecule has 2 heterocycles. The van der Waals surface area contributed by atoms with Gasteiger partial charge in [0.15, 0.2) is 5.78 Å². The van der Waals surface area contributed by atoms with Crippen molar-refractivity contribution in [1.29, 1.82) is 0 Å². The molecule has 3 nitrogen and oxygen atoms in total. The molecular formula is C14H8BrFN2O. The predicted molar refractivity (Wildman–Crippen MR) is 73.6 cm³/mol. The summed E-state index contributed by atoms with van der Waals surface area (Å²) >= 11 is 3.21. The number of benzene rings is 1. The first-order valence-corrected chi connectivity index (χ1v) is 6.37. The molecule has 0 atom stereocenters. The molecule has 0 amide bonds. The van der Waals surface area contributed by atoms with E-state index in [0.717, 1.165) is 10.9 Å². The van der Waals surface area contributed by atoms with Crippen LogP contribution in [0, 0.1) is 5.82 Å². The monoisotopic (exact) mass is 318 g/mol. The SMILES string of the molecule is O=C(c1ccc(F)cc1Br)c1c[nH]c2ccncc12. The molecule has 3 aromatic rings. The lowest BCUT2D eigenvalue weighted by Gasteiger charge is -2.02. The largest absolute Gasteiger partial charge is 0.360 e. The number of ketones is 1. The van der Waals surface area contributed by atoms with Crippen molar-refractivity contribution in [2.75, 3.05) is 0 Å². The van der Waals surface area contributed by atoms with E-state index in [0.29, 0.717) is 15.6 Å². The maximum atomic E-state index is 13.0. The quantitative estimate of drug-likeness (QED) is 0.732. The highest BCUT2D eigenvalue weighted by Gasteiger charge is 2.17. The molecule has 0 aliphatic heterocycles. The zero-order valence-corrected chi connectivity index (χ0v) is 11.2. The first-order chi connectivity index (χ1) is 9.16. The zero-order chi connectivity index (χ0) is 13.4. The predicted octanol–water partition coefficient (Wildman–Crippen LogP) is 3.70. The van der Waals surface area contributed by atoms with Crippen LogP contribution in [0.15, 0.2) is 47.3 Å². The molecule has 0 bridgehead atoms. The van der Waals surface area contributed by atoms with Gasteiger partial charge >= 0.3 is 0 Å². The van der Waals surface area contributed by atoms with Gasteiger partial charge in [0.2, 0.25) is 0 Å². The molecule has 94 valence electrons. The average Bonchev–Trinajstić information content (AvgIpc) is 2.82. The molecule has 1 N–H and O–H groups in total. The summed E-state index contributed by atoms with van der Waals surface area (Å²) in [5, 5.41) is 0.753. The van der Waals surface area contributed by atoms with Gasteiger partial charge in [-0.15, -0.1) is 0 Å². The molecule has 0 saturated carbocycles. The number of hydrogen-bond donors (Lipinski definition) is 1. The molecule has 0 fully saturated rings. The highest BCUT2D eigenvalue weighted by molar-refractivity contribution is 9.10. The zero-order valence-electron chi connectivity index (χ0n) is 9.65. The van der Waals surface area contributed by atoms with Crippen LogP contribution in [-0.4, -0.2) is 15.8 Å². The molecule has 2 aromatic heterocycles. The average molecular weight is 319 g/mol. The van der Waals surface area contributed by atoms with Gasteiger partial charge in [-0.1, -0.05) is 0 Å². The van der Waals surface area contributed by atoms with Crippen molar-refractivity contribution in [3.8, 4) is 0 Å². The lowest BCUT2D eigenvalue weighted by Crippen LogP contribution is -2.02. The summed E-state index contributed by atoms with van der Waals surface area (Å²) in [6.07, 6.45) is 4.93. The number of nitrogens with zero attached hydrogens (tertiary/aromatic N) is 1. The van der Waals surface area contributed by atoms with E-state index in [1.165, 1.54) is 18.2 Å². The van der Waals surface area contributed by atoms with Crippen molar-refractivity contribution < 1.29 is 9.18 Å². The lowest BCUT2D eigenvalue weighted by molar-refractivity contribution is 0.103. The molecule has 0 aliphatic carbocycles. The second-order valence-electron chi connectivity index (χ2n) is 4.08. The topological polar surface area (TPSA) is 45.8 Å². The second-order valence-corrected chi connectivity index (χ2v) is 4.93. The number of hydrogen-bond acceptors (Lipinski definition) is 2. The molecule has 1 aromatic carbocycles. The minimum Gasteiger partial charge on any atom is -0.360 e. The van der Waals surface area contributed by atoms with E-state index in [-0.39, 0.29) is 11.6 Å². The Bertz CT molecular complexity index is 782. The number of pyridine rings is 1. The van der Waals surface area contributed by atoms with Crippen molar-refractivity contribution in [3.63, 3.8) is 0 Å². The van der Waals surface area contributed by atoms with E-state index in [9.17, 15) is 9.18 Å². The normalized spacial score (nSPS) is 10.8. The van der Waals surface area contributed by atoms with Gasteiger partial charge in [-0.2, -0.15) is 0 Å². The van der Waals surface area contributed by atoms with Crippen molar-refractivity contribution >= 4 is 32.6 Å². The van der Waals surface area contributed by atoms with Gasteiger partial charge in [-0.25, -0.2) is 4.39 Å². The fourth-order valence-corrected chi connectivity index (χ4v) is 2.50. The Morgan fingerprint density at radius 2 is 2.11 bits per heavy atom. The fraction of sp³-hybridized carbons (Fsp3) is 0. The molecule has 0 aliphatic rings. The van der Waals surface area contributed by atoms with Gasteiger partial charge in [0, 0.05) is 45.1 Å². The summed E-state index contributed by atoms with van der Waals surface area (Å²) in [4.78, 5) is 19.5. The molecule has 0 radical (unpaired) electrons. The molecule has 3 rings (SSSR count). The summed E-state index contributed by atoms with van der Waals surface area (Å²) in [5.74, 6) is -0.560. The minimum atomic E-state index is -0.385. The van der Waals surface area contributed by atoms with E-state index in [1.54, 1.807) is 24.7 Å². The Balaban J connectivity index is 2.13. The Morgan fingerprint density at radius 3 is 2.89 bits per heavy atom. The van der Waals surface area contributed by atoms with Crippen molar-refractivity contribution in [2.24, 2.45) is 0 Å². The van der Waals surface area contributed by atoms with Crippen LogP contribution >= 0.6 is 15.9 Å². The van der Waals surface area contributed by atoms with Gasteiger partial charge in [-0.05, 0) is 40.2 Å². The third-order valence-electron chi connectivity index (χ3n) is 2.90. The van der Waals surface area contributed by atoms with E-state index >= 15 is 0 Å². The first-order valence-electron chi connectivity index (χ1n) is 5.57. The summed E-state index contributed by atoms with van der Waals surface area (Å²) in [7, 11) is 0. The number of H-pyrrole nitrogens is 1. The molecule has 5 heteroatoms. The summed E-state index contributed by atoms with van der Waals surface area (Å²) < 4.78 is 13.5. The molecular weight excluding hydrogens is 311 g/mol. The Labute approximate surface area is 116 Å². The van der Waals surface area contributed by atoms with Crippen molar-refractivity contribution in [1.82, 2.24) is 9.97 Å². The first kappa shape index (κ1) is 12.0. The summed E-state index contributed by atoms with van der Waals surface area (Å²) in [6, 6.07) is 5.81. The number of carbonyl (C=O) groups excluding carboxylic acids is 1. The van der Waals surface area contributed by atoms with E-state index < -0.39 is 0 Å². The smallest absolute Gasteiger partial charge is 0.196 e. The van der Waals surface area contributed by atoms with Crippen LogP contribution in [0.1, 0.15) is 15.9 Å². The second kappa shape index (κ2) is 4.59. The third kappa shape index (κ3) is 2.06. The van der Waals surface area contributed by atoms with E-state index in [2.05, 4.69) is 25.9 Å². The number of nitrogens with one attached hydrogen (secondary N) is 1. The van der Waals surface area contributed by atoms with Crippen LogP contribution in [0.25, 0.3) is 10.9 Å². The van der Waals surface area contributed by atoms with Gasteiger partial charge in [0.05, 0.1) is 0 Å². The number of fused-ring (bicyclic) bond motifs is 1. The van der Waals surface area contributed by atoms with E-state index in [1.807, 2.05) is 0 Å². The minimum absolute atomic E-state index is 0.175. The molecule has 0 spiro atoms. The Morgan fingerprint density at radius 1 is 1.26 bits per heavy atom. The maximum absolute atomic E-state index is 13.0. The van der Waals surface area contributed by atoms with Crippen molar-refractivity contribution in [3.05, 3.63) is 64.3 Å². The molecule has 0 unspecified atom stereocenters. The maximum Gasteiger partial charge on any atom is 0.196 e.